The molecule has 130 valence electrons. The van der Waals surface area contributed by atoms with Gasteiger partial charge in [0.05, 0.1) is 41.9 Å². The van der Waals surface area contributed by atoms with E-state index in [1.165, 1.54) is 0 Å². The fourth-order valence-electron chi connectivity index (χ4n) is 2.31. The summed E-state index contributed by atoms with van der Waals surface area (Å²) in [5, 5.41) is 16.4. The first-order valence-electron chi connectivity index (χ1n) is 7.49. The highest BCUT2D eigenvalue weighted by molar-refractivity contribution is 7.80. The lowest BCUT2D eigenvalue weighted by Gasteiger charge is -2.09. The van der Waals surface area contributed by atoms with Crippen LogP contribution in [0.4, 0.5) is 5.69 Å². The maximum absolute atomic E-state index is 6.07. The van der Waals surface area contributed by atoms with Gasteiger partial charge in [0.1, 0.15) is 0 Å². The molecule has 0 bridgehead atoms. The van der Waals surface area contributed by atoms with E-state index in [-0.39, 0.29) is 0 Å². The molecule has 0 saturated heterocycles. The van der Waals surface area contributed by atoms with E-state index in [2.05, 4.69) is 20.8 Å². The second-order valence-electron chi connectivity index (χ2n) is 5.43. The van der Waals surface area contributed by atoms with Gasteiger partial charge in [-0.2, -0.15) is 10.2 Å². The first-order chi connectivity index (χ1) is 12.0. The van der Waals surface area contributed by atoms with Crippen molar-refractivity contribution in [3.8, 4) is 0 Å². The van der Waals surface area contributed by atoms with Crippen molar-refractivity contribution in [1.29, 1.82) is 0 Å². The Morgan fingerprint density at radius 2 is 2.08 bits per heavy atom. The van der Waals surface area contributed by atoms with Crippen molar-refractivity contribution in [2.45, 2.75) is 13.1 Å². The molecule has 0 unspecified atom stereocenters. The van der Waals surface area contributed by atoms with Crippen molar-refractivity contribution in [3.63, 3.8) is 0 Å². The van der Waals surface area contributed by atoms with E-state index in [0.29, 0.717) is 28.2 Å². The predicted molar refractivity (Wildman–Crippen MR) is 104 cm³/mol. The molecule has 0 atom stereocenters. The summed E-state index contributed by atoms with van der Waals surface area (Å²) in [6.45, 7) is 1.12. The molecule has 2 aromatic heterocycles. The molecule has 3 aromatic rings. The van der Waals surface area contributed by atoms with Gasteiger partial charge in [-0.15, -0.1) is 0 Å². The maximum Gasteiger partial charge on any atom is 0.171 e. The Labute approximate surface area is 160 Å². The van der Waals surface area contributed by atoms with Crippen LogP contribution in [0.25, 0.3) is 0 Å². The van der Waals surface area contributed by atoms with Gasteiger partial charge in [0.2, 0.25) is 0 Å². The third-order valence-corrected chi connectivity index (χ3v) is 4.35. The zero-order valence-corrected chi connectivity index (χ0v) is 15.7. The summed E-state index contributed by atoms with van der Waals surface area (Å²) in [5.41, 5.74) is 2.74. The molecule has 0 fully saturated rings. The molecule has 1 aromatic carbocycles. The molecule has 0 spiro atoms. The molecule has 0 amide bonds. The van der Waals surface area contributed by atoms with Crippen LogP contribution in [0, 0.1) is 0 Å². The first kappa shape index (κ1) is 17.7. The van der Waals surface area contributed by atoms with E-state index >= 15 is 0 Å². The van der Waals surface area contributed by atoms with E-state index in [0.717, 1.165) is 16.9 Å². The van der Waals surface area contributed by atoms with Crippen molar-refractivity contribution in [1.82, 2.24) is 24.9 Å². The third-order valence-electron chi connectivity index (χ3n) is 3.55. The highest BCUT2D eigenvalue weighted by Crippen LogP contribution is 2.14. The quantitative estimate of drug-likeness (QED) is 0.648. The van der Waals surface area contributed by atoms with Gasteiger partial charge in [-0.3, -0.25) is 9.36 Å². The number of hydrogen-bond donors (Lipinski definition) is 2. The minimum absolute atomic E-state index is 0.484. The Kier molecular flexibility index (Phi) is 5.57. The number of nitrogens with one attached hydrogen (secondary N) is 2. The summed E-state index contributed by atoms with van der Waals surface area (Å²) in [6, 6.07) is 7.69. The zero-order chi connectivity index (χ0) is 17.8. The molecular weight excluding hydrogens is 379 g/mol. The topological polar surface area (TPSA) is 59.7 Å². The molecule has 3 rings (SSSR count). The van der Waals surface area contributed by atoms with E-state index in [9.17, 15) is 0 Å². The van der Waals surface area contributed by atoms with Crippen LogP contribution < -0.4 is 10.6 Å². The largest absolute Gasteiger partial charge is 0.357 e. The fourth-order valence-corrected chi connectivity index (χ4v) is 2.95. The number of thiocarbonyl (C=S) groups is 1. The van der Waals surface area contributed by atoms with E-state index in [4.69, 9.17) is 35.4 Å². The van der Waals surface area contributed by atoms with Crippen molar-refractivity contribution in [3.05, 3.63) is 64.2 Å². The number of aromatic nitrogens is 4. The second-order valence-corrected chi connectivity index (χ2v) is 6.68. The fraction of sp³-hybridized carbons (Fsp3) is 0.188. The molecule has 2 heterocycles. The lowest BCUT2D eigenvalue weighted by molar-refractivity contribution is 0.687. The lowest BCUT2D eigenvalue weighted by Crippen LogP contribution is -2.28. The van der Waals surface area contributed by atoms with E-state index in [1.807, 2.05) is 42.2 Å². The number of nitrogens with zero attached hydrogens (tertiary/aromatic N) is 4. The third kappa shape index (κ3) is 4.72. The van der Waals surface area contributed by atoms with Gasteiger partial charge in [0.25, 0.3) is 0 Å². The normalized spacial score (nSPS) is 10.7. The minimum Gasteiger partial charge on any atom is -0.357 e. The van der Waals surface area contributed by atoms with Crippen LogP contribution in [0.1, 0.15) is 11.3 Å². The molecule has 0 radical (unpaired) electrons. The van der Waals surface area contributed by atoms with Gasteiger partial charge >= 0.3 is 0 Å². The SMILES string of the molecule is Cn1ncc(Cl)c1CNC(=S)Nc1cnn(Cc2cccc(Cl)c2)c1. The molecule has 0 aliphatic carbocycles. The van der Waals surface area contributed by atoms with Crippen LogP contribution in [0.15, 0.2) is 42.9 Å². The molecule has 2 N–H and O–H groups in total. The summed E-state index contributed by atoms with van der Waals surface area (Å²) >= 11 is 17.4. The number of aryl methyl sites for hydroxylation is 1. The van der Waals surface area contributed by atoms with Crippen LogP contribution in [0.3, 0.4) is 0 Å². The molecule has 0 aliphatic rings. The minimum atomic E-state index is 0.484. The van der Waals surface area contributed by atoms with Crippen molar-refractivity contribution in [2.75, 3.05) is 5.32 Å². The van der Waals surface area contributed by atoms with Crippen LogP contribution in [-0.2, 0) is 20.1 Å². The molecule has 25 heavy (non-hydrogen) atoms. The smallest absolute Gasteiger partial charge is 0.171 e. The first-order valence-corrected chi connectivity index (χ1v) is 8.66. The summed E-state index contributed by atoms with van der Waals surface area (Å²) in [4.78, 5) is 0. The Balaban J connectivity index is 1.55. The molecule has 0 saturated carbocycles. The highest BCUT2D eigenvalue weighted by Gasteiger charge is 2.07. The summed E-state index contributed by atoms with van der Waals surface area (Å²) in [5.74, 6) is 0. The van der Waals surface area contributed by atoms with Crippen molar-refractivity contribution in [2.24, 2.45) is 7.05 Å². The zero-order valence-electron chi connectivity index (χ0n) is 13.4. The van der Waals surface area contributed by atoms with Crippen LogP contribution >= 0.6 is 35.4 Å². The average Bonchev–Trinajstić information content (AvgIpc) is 3.12. The Morgan fingerprint density at radius 3 is 2.80 bits per heavy atom. The summed E-state index contributed by atoms with van der Waals surface area (Å²) < 4.78 is 3.52. The van der Waals surface area contributed by atoms with E-state index in [1.54, 1.807) is 17.1 Å². The van der Waals surface area contributed by atoms with Crippen LogP contribution in [0.5, 0.6) is 0 Å². The summed E-state index contributed by atoms with van der Waals surface area (Å²) in [6.07, 6.45) is 5.20. The highest BCUT2D eigenvalue weighted by atomic mass is 35.5. The number of anilines is 1. The van der Waals surface area contributed by atoms with Gasteiger partial charge in [-0.1, -0.05) is 35.3 Å². The van der Waals surface area contributed by atoms with Crippen LogP contribution in [-0.4, -0.2) is 24.7 Å². The average molecular weight is 395 g/mol. The van der Waals surface area contributed by atoms with Crippen LogP contribution in [0.2, 0.25) is 10.0 Å². The molecule has 6 nitrogen and oxygen atoms in total. The van der Waals surface area contributed by atoms with Gasteiger partial charge in [0, 0.05) is 18.3 Å². The Bertz CT molecular complexity index is 869. The monoisotopic (exact) mass is 394 g/mol. The summed E-state index contributed by atoms with van der Waals surface area (Å²) in [7, 11) is 1.83. The number of hydrogen-bond acceptors (Lipinski definition) is 3. The van der Waals surface area contributed by atoms with Gasteiger partial charge in [0.15, 0.2) is 5.11 Å². The lowest BCUT2D eigenvalue weighted by atomic mass is 10.2. The standard InChI is InChI=1S/C16H16Cl2N6S/c1-23-15(14(18)7-20-23)8-19-16(25)22-13-6-21-24(10-13)9-11-3-2-4-12(17)5-11/h2-7,10H,8-9H2,1H3,(H2,19,22,25). The number of halogens is 2. The Hall–Kier alpha value is -2.09. The van der Waals surface area contributed by atoms with E-state index < -0.39 is 0 Å². The van der Waals surface area contributed by atoms with Gasteiger partial charge in [-0.05, 0) is 29.9 Å². The number of benzene rings is 1. The molecule has 0 aliphatic heterocycles. The van der Waals surface area contributed by atoms with Crippen molar-refractivity contribution >= 4 is 46.2 Å². The number of rotatable bonds is 5. The second kappa shape index (κ2) is 7.86. The van der Waals surface area contributed by atoms with Gasteiger partial charge in [-0.25, -0.2) is 0 Å². The molecular formula is C16H16Cl2N6S. The Morgan fingerprint density at radius 1 is 1.24 bits per heavy atom. The molecule has 9 heteroatoms. The predicted octanol–water partition coefficient (Wildman–Crippen LogP) is 3.46. The van der Waals surface area contributed by atoms with Gasteiger partial charge < -0.3 is 10.6 Å². The maximum atomic E-state index is 6.07. The van der Waals surface area contributed by atoms with Crippen molar-refractivity contribution < 1.29 is 0 Å².